The minimum Gasteiger partial charge on any atom is -0.379 e. The number of H-pyrrole nitrogens is 1. The van der Waals surface area contributed by atoms with Crippen LogP contribution in [0.4, 0.5) is 11.4 Å². The first-order valence-corrected chi connectivity index (χ1v) is 10.5. The van der Waals surface area contributed by atoms with Crippen LogP contribution >= 0.6 is 0 Å². The van der Waals surface area contributed by atoms with E-state index in [1.54, 1.807) is 4.90 Å². The van der Waals surface area contributed by atoms with Crippen molar-refractivity contribution in [2.75, 3.05) is 37.7 Å². The summed E-state index contributed by atoms with van der Waals surface area (Å²) in [5.41, 5.74) is 0.879. The average molecular weight is 421 g/mol. The van der Waals surface area contributed by atoms with Crippen molar-refractivity contribution in [3.63, 3.8) is 0 Å². The number of non-ortho nitro benzene ring substituents is 1. The number of aromatic nitrogens is 2. The summed E-state index contributed by atoms with van der Waals surface area (Å²) in [4.78, 5) is 31.1. The first-order chi connectivity index (χ1) is 13.9. The molecule has 2 aliphatic heterocycles. The topological polar surface area (TPSA) is 139 Å². The van der Waals surface area contributed by atoms with Crippen LogP contribution in [-0.2, 0) is 27.7 Å². The predicted octanol–water partition coefficient (Wildman–Crippen LogP) is 0.262. The van der Waals surface area contributed by atoms with Crippen molar-refractivity contribution in [3.8, 4) is 0 Å². The van der Waals surface area contributed by atoms with Gasteiger partial charge in [-0.1, -0.05) is 0 Å². The van der Waals surface area contributed by atoms with Gasteiger partial charge in [0.15, 0.2) is 0 Å². The van der Waals surface area contributed by atoms with Gasteiger partial charge in [0, 0.05) is 38.2 Å². The maximum Gasteiger partial charge on any atom is 0.270 e. The van der Waals surface area contributed by atoms with Gasteiger partial charge in [-0.3, -0.25) is 14.9 Å². The molecule has 1 aromatic heterocycles. The van der Waals surface area contributed by atoms with E-state index in [1.807, 2.05) is 0 Å². The smallest absolute Gasteiger partial charge is 0.270 e. The minimum atomic E-state index is -3.98. The molecule has 0 radical (unpaired) electrons. The average Bonchev–Trinajstić information content (AvgIpc) is 2.74. The number of sulfonamides is 1. The lowest BCUT2D eigenvalue weighted by atomic mass is 10.1. The minimum absolute atomic E-state index is 0.141. The Morgan fingerprint density at radius 2 is 1.97 bits per heavy atom. The van der Waals surface area contributed by atoms with Crippen LogP contribution in [0.2, 0.25) is 0 Å². The normalized spacial score (nSPS) is 17.7. The van der Waals surface area contributed by atoms with Crippen molar-refractivity contribution in [3.05, 3.63) is 56.3 Å². The Balaban J connectivity index is 1.79. The number of aromatic amines is 1. The molecular weight excluding hydrogens is 402 g/mol. The Morgan fingerprint density at radius 1 is 1.21 bits per heavy atom. The van der Waals surface area contributed by atoms with Crippen LogP contribution in [0.25, 0.3) is 0 Å². The number of nitro groups is 1. The number of hydrogen-bond acceptors (Lipinski definition) is 8. The number of nitrogens with one attached hydrogen (secondary N) is 1. The number of benzene rings is 1. The largest absolute Gasteiger partial charge is 0.379 e. The number of nitrogens with zero attached hydrogens (tertiary/aromatic N) is 4. The van der Waals surface area contributed by atoms with E-state index in [0.29, 0.717) is 29.9 Å². The van der Waals surface area contributed by atoms with Crippen LogP contribution in [0.3, 0.4) is 0 Å². The summed E-state index contributed by atoms with van der Waals surface area (Å²) in [7, 11) is -3.98. The Morgan fingerprint density at radius 3 is 2.69 bits per heavy atom. The number of morpholine rings is 1. The molecule has 1 saturated heterocycles. The standard InChI is InChI=1S/C17H19N5O6S/c23-17-13-10-20(4-3-14(13)18-11-19-17)15-2-1-12(22(24)25)9-16(15)29(26,27)21-5-7-28-8-6-21/h1-2,9,11H,3-8,10H2,(H,18,19,23). The molecule has 3 heterocycles. The Bertz CT molecular complexity index is 1110. The SMILES string of the molecule is O=c1[nH]cnc2c1CN(c1ccc([N+](=O)[O-])cc1S(=O)(=O)N1CCOCC1)CC2. The van der Waals surface area contributed by atoms with Crippen molar-refractivity contribution < 1.29 is 18.1 Å². The first kappa shape index (κ1) is 19.5. The molecule has 0 aliphatic carbocycles. The Labute approximate surface area is 166 Å². The lowest BCUT2D eigenvalue weighted by molar-refractivity contribution is -0.385. The number of rotatable bonds is 4. The maximum absolute atomic E-state index is 13.3. The monoisotopic (exact) mass is 421 g/mol. The van der Waals surface area contributed by atoms with Gasteiger partial charge in [0.1, 0.15) is 4.90 Å². The molecule has 1 aromatic carbocycles. The molecule has 11 nitrogen and oxygen atoms in total. The molecule has 0 amide bonds. The second-order valence-corrected chi connectivity index (χ2v) is 8.66. The molecule has 0 saturated carbocycles. The fourth-order valence-electron chi connectivity index (χ4n) is 3.57. The molecule has 2 aromatic rings. The third-order valence-electron chi connectivity index (χ3n) is 5.09. The Kier molecular flexibility index (Phi) is 5.06. The van der Waals surface area contributed by atoms with Crippen molar-refractivity contribution in [2.45, 2.75) is 17.9 Å². The highest BCUT2D eigenvalue weighted by atomic mass is 32.2. The lowest BCUT2D eigenvalue weighted by Crippen LogP contribution is -2.42. The van der Waals surface area contributed by atoms with Gasteiger partial charge in [-0.05, 0) is 6.07 Å². The van der Waals surface area contributed by atoms with Gasteiger partial charge >= 0.3 is 0 Å². The third-order valence-corrected chi connectivity index (χ3v) is 7.02. The molecule has 12 heteroatoms. The van der Waals surface area contributed by atoms with Gasteiger partial charge in [-0.15, -0.1) is 0 Å². The molecule has 29 heavy (non-hydrogen) atoms. The molecule has 0 spiro atoms. The van der Waals surface area contributed by atoms with Gasteiger partial charge in [-0.2, -0.15) is 4.31 Å². The van der Waals surface area contributed by atoms with Crippen molar-refractivity contribution >= 4 is 21.4 Å². The van der Waals surface area contributed by atoms with Crippen LogP contribution in [0.5, 0.6) is 0 Å². The fourth-order valence-corrected chi connectivity index (χ4v) is 5.21. The summed E-state index contributed by atoms with van der Waals surface area (Å²) in [5.74, 6) is 0. The number of hydrogen-bond donors (Lipinski definition) is 1. The van der Waals surface area contributed by atoms with Gasteiger partial charge in [0.2, 0.25) is 10.0 Å². The van der Waals surface area contributed by atoms with Gasteiger partial charge in [-0.25, -0.2) is 13.4 Å². The summed E-state index contributed by atoms with van der Waals surface area (Å²) in [6.07, 6.45) is 1.81. The Hall–Kier alpha value is -2.83. The maximum atomic E-state index is 13.3. The summed E-state index contributed by atoms with van der Waals surface area (Å²) >= 11 is 0. The summed E-state index contributed by atoms with van der Waals surface area (Å²) in [6, 6.07) is 3.79. The lowest BCUT2D eigenvalue weighted by Gasteiger charge is -2.32. The highest BCUT2D eigenvalue weighted by molar-refractivity contribution is 7.89. The van der Waals surface area contributed by atoms with Crippen LogP contribution in [0.1, 0.15) is 11.3 Å². The molecule has 0 bridgehead atoms. The number of ether oxygens (including phenoxy) is 1. The van der Waals surface area contributed by atoms with E-state index in [1.165, 1.54) is 22.8 Å². The number of nitro benzene ring substituents is 1. The zero-order valence-electron chi connectivity index (χ0n) is 15.4. The highest BCUT2D eigenvalue weighted by Gasteiger charge is 2.33. The van der Waals surface area contributed by atoms with Gasteiger partial charge in [0.25, 0.3) is 11.2 Å². The van der Waals surface area contributed by atoms with Crippen LogP contribution in [-0.4, -0.2) is 60.5 Å². The van der Waals surface area contributed by atoms with Crippen LogP contribution in [0, 0.1) is 10.1 Å². The molecule has 0 unspecified atom stereocenters. The van der Waals surface area contributed by atoms with Gasteiger partial charge < -0.3 is 14.6 Å². The molecule has 1 fully saturated rings. The summed E-state index contributed by atoms with van der Waals surface area (Å²) < 4.78 is 33.0. The van der Waals surface area contributed by atoms with E-state index in [2.05, 4.69) is 9.97 Å². The van der Waals surface area contributed by atoms with E-state index in [4.69, 9.17) is 4.74 Å². The van der Waals surface area contributed by atoms with Gasteiger partial charge in [0.05, 0.1) is 48.0 Å². The molecule has 1 N–H and O–H groups in total. The van der Waals surface area contributed by atoms with E-state index >= 15 is 0 Å². The van der Waals surface area contributed by atoms with Crippen molar-refractivity contribution in [1.82, 2.24) is 14.3 Å². The predicted molar refractivity (Wildman–Crippen MR) is 102 cm³/mol. The number of fused-ring (bicyclic) bond motifs is 1. The highest BCUT2D eigenvalue weighted by Crippen LogP contribution is 2.34. The summed E-state index contributed by atoms with van der Waals surface area (Å²) in [6.45, 7) is 1.49. The van der Waals surface area contributed by atoms with E-state index < -0.39 is 14.9 Å². The number of anilines is 1. The summed E-state index contributed by atoms with van der Waals surface area (Å²) in [5, 5.41) is 11.3. The van der Waals surface area contributed by atoms with E-state index in [0.717, 1.165) is 6.07 Å². The molecule has 0 atom stereocenters. The second-order valence-electron chi connectivity index (χ2n) is 6.75. The first-order valence-electron chi connectivity index (χ1n) is 9.04. The molecule has 4 rings (SSSR count). The van der Waals surface area contributed by atoms with Crippen LogP contribution < -0.4 is 10.5 Å². The molecule has 154 valence electrons. The second kappa shape index (κ2) is 7.54. The van der Waals surface area contributed by atoms with Crippen LogP contribution in [0.15, 0.2) is 34.2 Å². The molecule has 2 aliphatic rings. The van der Waals surface area contributed by atoms with E-state index in [9.17, 15) is 23.3 Å². The zero-order valence-corrected chi connectivity index (χ0v) is 16.2. The van der Waals surface area contributed by atoms with Crippen molar-refractivity contribution in [2.24, 2.45) is 0 Å². The fraction of sp³-hybridized carbons (Fsp3) is 0.412. The third kappa shape index (κ3) is 3.61. The quantitative estimate of drug-likeness (QED) is 0.548. The molecular formula is C17H19N5O6S. The zero-order chi connectivity index (χ0) is 20.6. The van der Waals surface area contributed by atoms with E-state index in [-0.39, 0.29) is 49.0 Å². The van der Waals surface area contributed by atoms with Crippen molar-refractivity contribution in [1.29, 1.82) is 0 Å².